The van der Waals surface area contributed by atoms with Crippen molar-refractivity contribution < 1.29 is 42.7 Å². The lowest BCUT2D eigenvalue weighted by atomic mass is 10.0. The van der Waals surface area contributed by atoms with E-state index in [-0.39, 0.29) is 19.4 Å². The molecule has 0 radical (unpaired) electrons. The highest BCUT2D eigenvalue weighted by molar-refractivity contribution is 7.46. The zero-order chi connectivity index (χ0) is 36.7. The normalized spacial score (nSPS) is 17.0. The standard InChI is InChI=1S/C40H71O9P/c1-4-5-23-29-37-38(49-37)30-25-20-16-12-9-10-13-17-21-26-31-39(41)46-33-36(34-47-50(43,44)45)48-40(42)32-27-22-18-14-8-6-7-11-15-19-24-28-35(2)3/h9,12-13,17,20,25,35-38H,4-8,10-11,14-16,18-19,21-24,26-34H2,1-3H3,(H2,43,44,45)/b12-9-,17-13-,25-20-/t36-,37?,38?/m1/s1. The van der Waals surface area contributed by atoms with Gasteiger partial charge in [-0.2, -0.15) is 0 Å². The Morgan fingerprint density at radius 3 is 1.90 bits per heavy atom. The average molecular weight is 727 g/mol. The Kier molecular flexibility index (Phi) is 28.5. The molecule has 9 nitrogen and oxygen atoms in total. The van der Waals surface area contributed by atoms with Crippen LogP contribution in [0.1, 0.15) is 168 Å². The summed E-state index contributed by atoms with van der Waals surface area (Å²) >= 11 is 0. The molecule has 0 bridgehead atoms. The molecule has 0 aliphatic carbocycles. The smallest absolute Gasteiger partial charge is 0.462 e. The van der Waals surface area contributed by atoms with Crippen LogP contribution < -0.4 is 0 Å². The van der Waals surface area contributed by atoms with Crippen LogP contribution in [-0.2, 0) is 32.9 Å². The number of allylic oxidation sites excluding steroid dienone is 5. The predicted molar refractivity (Wildman–Crippen MR) is 202 cm³/mol. The van der Waals surface area contributed by atoms with Crippen molar-refractivity contribution in [1.29, 1.82) is 0 Å². The highest BCUT2D eigenvalue weighted by Crippen LogP contribution is 2.36. The van der Waals surface area contributed by atoms with Gasteiger partial charge in [-0.05, 0) is 50.9 Å². The van der Waals surface area contributed by atoms with E-state index in [0.29, 0.717) is 25.0 Å². The van der Waals surface area contributed by atoms with Crippen LogP contribution in [0.2, 0.25) is 0 Å². The Bertz CT molecular complexity index is 987. The van der Waals surface area contributed by atoms with Crippen LogP contribution in [0.25, 0.3) is 0 Å². The van der Waals surface area contributed by atoms with Crippen LogP contribution in [0.4, 0.5) is 0 Å². The molecule has 3 atom stereocenters. The van der Waals surface area contributed by atoms with E-state index < -0.39 is 32.5 Å². The molecule has 2 N–H and O–H groups in total. The number of esters is 2. The van der Waals surface area contributed by atoms with Gasteiger partial charge < -0.3 is 24.0 Å². The van der Waals surface area contributed by atoms with Gasteiger partial charge >= 0.3 is 19.8 Å². The quantitative estimate of drug-likeness (QED) is 0.0219. The second-order valence-corrected chi connectivity index (χ2v) is 15.4. The molecule has 1 saturated heterocycles. The van der Waals surface area contributed by atoms with Crippen molar-refractivity contribution in [3.8, 4) is 0 Å². The van der Waals surface area contributed by atoms with Crippen molar-refractivity contribution in [2.45, 2.75) is 187 Å². The molecular formula is C40H71O9P. The molecule has 0 amide bonds. The fourth-order valence-electron chi connectivity index (χ4n) is 5.70. The minimum absolute atomic E-state index is 0.188. The monoisotopic (exact) mass is 726 g/mol. The van der Waals surface area contributed by atoms with E-state index in [4.69, 9.17) is 24.0 Å². The largest absolute Gasteiger partial charge is 0.469 e. The first-order chi connectivity index (χ1) is 24.1. The molecule has 1 fully saturated rings. The zero-order valence-corrected chi connectivity index (χ0v) is 32.5. The van der Waals surface area contributed by atoms with Gasteiger partial charge in [0.1, 0.15) is 6.61 Å². The molecule has 1 rings (SSSR count). The van der Waals surface area contributed by atoms with Crippen LogP contribution in [-0.4, -0.2) is 53.3 Å². The second-order valence-electron chi connectivity index (χ2n) is 14.1. The molecule has 0 aromatic carbocycles. The van der Waals surface area contributed by atoms with Crippen LogP contribution in [0.15, 0.2) is 36.5 Å². The molecule has 10 heteroatoms. The van der Waals surface area contributed by atoms with Crippen molar-refractivity contribution in [2.75, 3.05) is 13.2 Å². The van der Waals surface area contributed by atoms with Gasteiger partial charge in [0.25, 0.3) is 0 Å². The van der Waals surface area contributed by atoms with Crippen LogP contribution in [0, 0.1) is 5.92 Å². The summed E-state index contributed by atoms with van der Waals surface area (Å²) in [6.45, 7) is 5.91. The summed E-state index contributed by atoms with van der Waals surface area (Å²) in [6.07, 6.45) is 36.2. The molecule has 1 heterocycles. The molecule has 50 heavy (non-hydrogen) atoms. The van der Waals surface area contributed by atoms with Gasteiger partial charge in [-0.15, -0.1) is 0 Å². The maximum atomic E-state index is 12.4. The molecular weight excluding hydrogens is 655 g/mol. The predicted octanol–water partition coefficient (Wildman–Crippen LogP) is 10.6. The number of carbonyl (C=O) groups excluding carboxylic acids is 2. The maximum Gasteiger partial charge on any atom is 0.469 e. The third kappa shape index (κ3) is 31.0. The van der Waals surface area contributed by atoms with Crippen molar-refractivity contribution in [1.82, 2.24) is 0 Å². The van der Waals surface area contributed by atoms with Crippen molar-refractivity contribution >= 4 is 19.8 Å². The summed E-state index contributed by atoms with van der Waals surface area (Å²) < 4.78 is 32.0. The number of carbonyl (C=O) groups is 2. The fraction of sp³-hybridized carbons (Fsp3) is 0.800. The van der Waals surface area contributed by atoms with E-state index in [9.17, 15) is 14.2 Å². The molecule has 290 valence electrons. The molecule has 0 spiro atoms. The zero-order valence-electron chi connectivity index (χ0n) is 31.7. The summed E-state index contributed by atoms with van der Waals surface area (Å²) in [5, 5.41) is 0. The summed E-state index contributed by atoms with van der Waals surface area (Å²) in [4.78, 5) is 42.7. The lowest BCUT2D eigenvalue weighted by molar-refractivity contribution is -0.161. The van der Waals surface area contributed by atoms with Crippen molar-refractivity contribution in [2.24, 2.45) is 5.92 Å². The number of epoxide rings is 1. The van der Waals surface area contributed by atoms with Crippen LogP contribution >= 0.6 is 7.82 Å². The van der Waals surface area contributed by atoms with E-state index in [1.54, 1.807) is 0 Å². The Morgan fingerprint density at radius 2 is 1.28 bits per heavy atom. The summed E-state index contributed by atoms with van der Waals surface area (Å²) in [5.41, 5.74) is 0. The van der Waals surface area contributed by atoms with E-state index in [0.717, 1.165) is 50.9 Å². The second kappa shape index (κ2) is 30.8. The number of ether oxygens (including phenoxy) is 3. The first kappa shape index (κ1) is 46.3. The maximum absolute atomic E-state index is 12.4. The molecule has 2 unspecified atom stereocenters. The van der Waals surface area contributed by atoms with Crippen LogP contribution in [0.5, 0.6) is 0 Å². The third-order valence-electron chi connectivity index (χ3n) is 8.76. The Hall–Kier alpha value is -1.77. The first-order valence-electron chi connectivity index (χ1n) is 19.8. The minimum Gasteiger partial charge on any atom is -0.462 e. The van der Waals surface area contributed by atoms with Gasteiger partial charge in [-0.1, -0.05) is 147 Å². The van der Waals surface area contributed by atoms with E-state index in [1.807, 2.05) is 6.08 Å². The SMILES string of the molecule is CCCCCC1OC1C/C=C\C/C=C\C/C=C\CCCC(=O)OC[C@H](COP(=O)(O)O)OC(=O)CCCCCCCCCCCCCC(C)C. The number of phosphoric acid groups is 1. The first-order valence-corrected chi connectivity index (χ1v) is 21.3. The van der Waals surface area contributed by atoms with E-state index in [2.05, 4.69) is 55.7 Å². The minimum atomic E-state index is -4.76. The number of phosphoric ester groups is 1. The molecule has 0 aromatic rings. The van der Waals surface area contributed by atoms with Crippen LogP contribution in [0.3, 0.4) is 0 Å². The van der Waals surface area contributed by atoms with Gasteiger partial charge in [0.15, 0.2) is 6.10 Å². The number of hydrogen-bond donors (Lipinski definition) is 2. The highest BCUT2D eigenvalue weighted by atomic mass is 31.2. The van der Waals surface area contributed by atoms with Gasteiger partial charge in [0.05, 0.1) is 18.8 Å². The average Bonchev–Trinajstić information content (AvgIpc) is 3.82. The molecule has 1 aliphatic heterocycles. The topological polar surface area (TPSA) is 132 Å². The van der Waals surface area contributed by atoms with Gasteiger partial charge in [0, 0.05) is 12.8 Å². The summed E-state index contributed by atoms with van der Waals surface area (Å²) in [7, 11) is -4.76. The van der Waals surface area contributed by atoms with E-state index in [1.165, 1.54) is 77.0 Å². The number of unbranched alkanes of at least 4 members (excludes halogenated alkanes) is 13. The van der Waals surface area contributed by atoms with Gasteiger partial charge in [-0.25, -0.2) is 4.57 Å². The third-order valence-corrected chi connectivity index (χ3v) is 9.25. The molecule has 1 aliphatic rings. The summed E-state index contributed by atoms with van der Waals surface area (Å²) in [6, 6.07) is 0. The molecule has 0 aromatic heterocycles. The van der Waals surface area contributed by atoms with Crippen molar-refractivity contribution in [3.05, 3.63) is 36.5 Å². The number of rotatable bonds is 34. The lowest BCUT2D eigenvalue weighted by Crippen LogP contribution is -2.29. The highest BCUT2D eigenvalue weighted by Gasteiger charge is 2.36. The van der Waals surface area contributed by atoms with E-state index >= 15 is 0 Å². The van der Waals surface area contributed by atoms with Crippen molar-refractivity contribution in [3.63, 3.8) is 0 Å². The molecule has 0 saturated carbocycles. The fourth-order valence-corrected chi connectivity index (χ4v) is 6.06. The van der Waals surface area contributed by atoms with Gasteiger partial charge in [-0.3, -0.25) is 14.1 Å². The Morgan fingerprint density at radius 1 is 0.700 bits per heavy atom. The number of hydrogen-bond acceptors (Lipinski definition) is 7. The Balaban J connectivity index is 2.11. The lowest BCUT2D eigenvalue weighted by Gasteiger charge is -2.18. The van der Waals surface area contributed by atoms with Gasteiger partial charge in [0.2, 0.25) is 0 Å². The Labute approximate surface area is 304 Å². The summed E-state index contributed by atoms with van der Waals surface area (Å²) in [5.74, 6) is -0.152.